The molecule has 1 heterocycles. The van der Waals surface area contributed by atoms with Gasteiger partial charge in [-0.1, -0.05) is 26.0 Å². The summed E-state index contributed by atoms with van der Waals surface area (Å²) in [6.07, 6.45) is -0.0114. The predicted molar refractivity (Wildman–Crippen MR) is 169 cm³/mol. The molecule has 2 rings (SSSR count). The Bertz CT molecular complexity index is 1240. The van der Waals surface area contributed by atoms with Crippen LogP contribution in [0, 0.1) is 5.92 Å². The van der Waals surface area contributed by atoms with Gasteiger partial charge in [-0.25, -0.2) is 4.79 Å². The van der Waals surface area contributed by atoms with Gasteiger partial charge in [0.15, 0.2) is 5.96 Å². The highest BCUT2D eigenvalue weighted by atomic mass is 16.4. The van der Waals surface area contributed by atoms with Crippen molar-refractivity contribution >= 4 is 35.6 Å². The largest absolute Gasteiger partial charge is 0.508 e. The van der Waals surface area contributed by atoms with E-state index < -0.39 is 65.9 Å². The molecular weight excluding hydrogens is 600 g/mol. The van der Waals surface area contributed by atoms with Crippen molar-refractivity contribution in [1.29, 1.82) is 0 Å². The second-order valence-electron chi connectivity index (χ2n) is 11.9. The number of nitrogens with two attached hydrogens (primary N) is 3. The number of hydrogen-bond donors (Lipinski definition) is 9. The third kappa shape index (κ3) is 11.8. The monoisotopic (exact) mass is 648 g/mol. The summed E-state index contributed by atoms with van der Waals surface area (Å²) in [6, 6.07) is 0.0510. The third-order valence-electron chi connectivity index (χ3n) is 7.51. The number of rotatable bonds is 17. The number of aromatic hydroxyl groups is 1. The number of likely N-dealkylation sites (tertiary alicyclic amines) is 1. The van der Waals surface area contributed by atoms with Crippen LogP contribution in [0.1, 0.15) is 58.4 Å². The van der Waals surface area contributed by atoms with E-state index in [2.05, 4.69) is 20.9 Å². The van der Waals surface area contributed by atoms with Crippen LogP contribution in [0.15, 0.2) is 29.3 Å². The lowest BCUT2D eigenvalue weighted by Gasteiger charge is -2.31. The number of aliphatic hydroxyl groups is 1. The maximum Gasteiger partial charge on any atom is 0.326 e. The molecule has 1 aliphatic rings. The first-order chi connectivity index (χ1) is 21.6. The zero-order chi connectivity index (χ0) is 34.6. The van der Waals surface area contributed by atoms with E-state index in [4.69, 9.17) is 17.2 Å². The van der Waals surface area contributed by atoms with Gasteiger partial charge in [0.1, 0.15) is 29.9 Å². The lowest BCUT2D eigenvalue weighted by molar-refractivity contribution is -0.145. The highest BCUT2D eigenvalue weighted by Gasteiger charge is 2.40. The number of aliphatic imine (C=N–C) groups is 1. The molecule has 46 heavy (non-hydrogen) atoms. The summed E-state index contributed by atoms with van der Waals surface area (Å²) in [4.78, 5) is 70.3. The predicted octanol–water partition coefficient (Wildman–Crippen LogP) is -1.73. The Kier molecular flexibility index (Phi) is 14.7. The number of nitrogens with zero attached hydrogens (tertiary/aromatic N) is 2. The molecule has 0 aliphatic carbocycles. The molecule has 1 saturated heterocycles. The molecule has 0 aromatic heterocycles. The van der Waals surface area contributed by atoms with Crippen LogP contribution in [0.5, 0.6) is 5.75 Å². The van der Waals surface area contributed by atoms with Crippen molar-refractivity contribution in [3.63, 3.8) is 0 Å². The number of nitrogens with one attached hydrogen (secondary N) is 3. The van der Waals surface area contributed by atoms with Crippen LogP contribution >= 0.6 is 0 Å². The molecule has 1 aliphatic heterocycles. The molecule has 256 valence electrons. The minimum atomic E-state index is -1.42. The van der Waals surface area contributed by atoms with Gasteiger partial charge in [-0.2, -0.15) is 0 Å². The summed E-state index contributed by atoms with van der Waals surface area (Å²) < 4.78 is 0. The quantitative estimate of drug-likeness (QED) is 0.0520. The van der Waals surface area contributed by atoms with Gasteiger partial charge in [-0.3, -0.25) is 24.2 Å². The average Bonchev–Trinajstić information content (AvgIpc) is 3.47. The number of carboxylic acid groups (broad SMARTS) is 1. The number of hydrogen-bond acceptors (Lipinski definition) is 9. The van der Waals surface area contributed by atoms with Gasteiger partial charge in [-0.05, 0) is 62.6 Å². The van der Waals surface area contributed by atoms with E-state index in [1.54, 1.807) is 12.1 Å². The molecule has 16 heteroatoms. The first kappa shape index (κ1) is 37.7. The van der Waals surface area contributed by atoms with E-state index in [9.17, 15) is 39.3 Å². The highest BCUT2D eigenvalue weighted by molar-refractivity contribution is 5.96. The van der Waals surface area contributed by atoms with Crippen molar-refractivity contribution in [3.05, 3.63) is 29.8 Å². The van der Waals surface area contributed by atoms with Crippen LogP contribution in [0.4, 0.5) is 0 Å². The fourth-order valence-corrected chi connectivity index (χ4v) is 5.14. The number of carboxylic acids is 1. The molecule has 1 aromatic carbocycles. The van der Waals surface area contributed by atoms with E-state index >= 15 is 0 Å². The molecule has 0 spiro atoms. The smallest absolute Gasteiger partial charge is 0.326 e. The Balaban J connectivity index is 2.22. The number of phenols is 1. The molecule has 1 fully saturated rings. The Labute approximate surface area is 268 Å². The molecule has 1 aromatic rings. The van der Waals surface area contributed by atoms with Crippen LogP contribution in [0.3, 0.4) is 0 Å². The van der Waals surface area contributed by atoms with Crippen molar-refractivity contribution in [2.75, 3.05) is 13.1 Å². The van der Waals surface area contributed by atoms with Crippen molar-refractivity contribution in [3.8, 4) is 5.75 Å². The Hall–Kier alpha value is -4.44. The molecule has 6 atom stereocenters. The minimum absolute atomic E-state index is 0.0107. The van der Waals surface area contributed by atoms with E-state index in [1.165, 1.54) is 24.0 Å². The van der Waals surface area contributed by atoms with Crippen LogP contribution in [-0.2, 0) is 30.4 Å². The Morgan fingerprint density at radius 3 is 2.22 bits per heavy atom. The number of benzene rings is 1. The van der Waals surface area contributed by atoms with Crippen molar-refractivity contribution in [2.45, 2.75) is 95.6 Å². The van der Waals surface area contributed by atoms with Crippen LogP contribution < -0.4 is 33.2 Å². The number of aliphatic hydroxyl groups excluding tert-OH is 1. The summed E-state index contributed by atoms with van der Waals surface area (Å²) >= 11 is 0. The molecule has 0 unspecified atom stereocenters. The molecular formula is C30H48N8O8. The maximum atomic E-state index is 13.8. The standard InChI is InChI=1S/C30H48N8O8/c1-16(2)14-20(31)25(41)37-24(17(3)39)27(43)35-21(6-4-12-34-30(32)33)28(44)38-13-5-7-23(38)26(42)36-22(29(45)46)15-18-8-10-19(40)11-9-18/h8-11,16-17,20-24,39-40H,4-7,12-15,31H2,1-3H3,(H,35,43)(H,36,42)(H,37,41)(H,45,46)(H4,32,33,34)/t17-,20+,21+,22+,23+,24+/m1/s1. The summed E-state index contributed by atoms with van der Waals surface area (Å²) in [5, 5.41) is 37.2. The average molecular weight is 649 g/mol. The number of amides is 4. The minimum Gasteiger partial charge on any atom is -0.508 e. The van der Waals surface area contributed by atoms with Crippen molar-refractivity contribution in [2.24, 2.45) is 28.1 Å². The van der Waals surface area contributed by atoms with Crippen molar-refractivity contribution < 1.29 is 39.3 Å². The third-order valence-corrected chi connectivity index (χ3v) is 7.51. The van der Waals surface area contributed by atoms with Crippen LogP contribution in [0.2, 0.25) is 0 Å². The van der Waals surface area contributed by atoms with E-state index in [1.807, 2.05) is 13.8 Å². The number of carbonyl (C=O) groups excluding carboxylic acids is 4. The topological polar surface area (TPSA) is 276 Å². The van der Waals surface area contributed by atoms with Gasteiger partial charge < -0.3 is 53.4 Å². The van der Waals surface area contributed by atoms with E-state index in [0.717, 1.165) is 0 Å². The van der Waals surface area contributed by atoms with Gasteiger partial charge in [0.25, 0.3) is 0 Å². The van der Waals surface area contributed by atoms with Gasteiger partial charge in [-0.15, -0.1) is 0 Å². The fourth-order valence-electron chi connectivity index (χ4n) is 5.14. The highest BCUT2D eigenvalue weighted by Crippen LogP contribution is 2.21. The normalized spacial score (nSPS) is 17.7. The zero-order valence-corrected chi connectivity index (χ0v) is 26.5. The molecule has 0 saturated carbocycles. The number of carbonyl (C=O) groups is 5. The number of phenolic OH excluding ortho intramolecular Hbond substituents is 1. The van der Waals surface area contributed by atoms with Crippen molar-refractivity contribution in [1.82, 2.24) is 20.9 Å². The lowest BCUT2D eigenvalue weighted by atomic mass is 10.0. The van der Waals surface area contributed by atoms with Gasteiger partial charge in [0.05, 0.1) is 12.1 Å². The second kappa shape index (κ2) is 17.9. The Morgan fingerprint density at radius 1 is 1.00 bits per heavy atom. The molecule has 0 bridgehead atoms. The number of aliphatic carboxylic acids is 1. The first-order valence-corrected chi connectivity index (χ1v) is 15.3. The Morgan fingerprint density at radius 2 is 1.65 bits per heavy atom. The molecule has 12 N–H and O–H groups in total. The summed E-state index contributed by atoms with van der Waals surface area (Å²) in [5.74, 6) is -4.06. The van der Waals surface area contributed by atoms with Gasteiger partial charge in [0, 0.05) is 19.5 Å². The SMILES string of the molecule is CC(C)C[C@H](N)C(=O)N[C@H](C(=O)N[C@@H](CCCN=C(N)N)C(=O)N1CCC[C@H]1C(=O)N[C@@H](Cc1ccc(O)cc1)C(=O)O)[C@@H](C)O. The summed E-state index contributed by atoms with van der Waals surface area (Å²) in [5.41, 5.74) is 17.3. The van der Waals surface area contributed by atoms with E-state index in [0.29, 0.717) is 18.4 Å². The van der Waals surface area contributed by atoms with Gasteiger partial charge >= 0.3 is 5.97 Å². The fraction of sp³-hybridized carbons (Fsp3) is 0.600. The second-order valence-corrected chi connectivity index (χ2v) is 11.9. The summed E-state index contributed by atoms with van der Waals surface area (Å²) in [7, 11) is 0. The lowest BCUT2D eigenvalue weighted by Crippen LogP contribution is -2.60. The molecule has 4 amide bonds. The summed E-state index contributed by atoms with van der Waals surface area (Å²) in [6.45, 7) is 5.39. The van der Waals surface area contributed by atoms with Crippen LogP contribution in [0.25, 0.3) is 0 Å². The number of guanidine groups is 1. The molecule has 16 nitrogen and oxygen atoms in total. The molecule has 0 radical (unpaired) electrons. The van der Waals surface area contributed by atoms with Crippen LogP contribution in [-0.4, -0.2) is 105 Å². The zero-order valence-electron chi connectivity index (χ0n) is 26.5. The maximum absolute atomic E-state index is 13.8. The van der Waals surface area contributed by atoms with E-state index in [-0.39, 0.29) is 56.4 Å². The first-order valence-electron chi connectivity index (χ1n) is 15.3. The van der Waals surface area contributed by atoms with Gasteiger partial charge in [0.2, 0.25) is 23.6 Å².